The molecular weight excluding hydrogens is 300 g/mol. The highest BCUT2D eigenvalue weighted by Gasteiger charge is 2.39. The third kappa shape index (κ3) is 3.41. The quantitative estimate of drug-likeness (QED) is 0.845. The van der Waals surface area contributed by atoms with Gasteiger partial charge in [0.25, 0.3) is 0 Å². The van der Waals surface area contributed by atoms with Crippen molar-refractivity contribution in [2.45, 2.75) is 52.7 Å². The predicted molar refractivity (Wildman–Crippen MR) is 96.2 cm³/mol. The van der Waals surface area contributed by atoms with Gasteiger partial charge in [-0.2, -0.15) is 0 Å². The topological polar surface area (TPSA) is 51.1 Å². The van der Waals surface area contributed by atoms with E-state index in [2.05, 4.69) is 49.5 Å². The van der Waals surface area contributed by atoms with Crippen LogP contribution in [0.5, 0.6) is 0 Å². The largest absolute Gasteiger partial charge is 0.366 e. The van der Waals surface area contributed by atoms with Crippen LogP contribution >= 0.6 is 0 Å². The van der Waals surface area contributed by atoms with Crippen LogP contribution in [0.25, 0.3) is 11.4 Å². The summed E-state index contributed by atoms with van der Waals surface area (Å²) in [6.45, 7) is 14.3. The summed E-state index contributed by atoms with van der Waals surface area (Å²) in [5, 5.41) is 0. The fourth-order valence-corrected chi connectivity index (χ4v) is 3.49. The first-order valence-corrected chi connectivity index (χ1v) is 8.38. The highest BCUT2D eigenvalue weighted by molar-refractivity contribution is 5.60. The van der Waals surface area contributed by atoms with Crippen LogP contribution in [0.15, 0.2) is 24.5 Å². The van der Waals surface area contributed by atoms with E-state index < -0.39 is 0 Å². The second kappa shape index (κ2) is 5.81. The smallest absolute Gasteiger partial charge is 0.161 e. The fourth-order valence-electron chi connectivity index (χ4n) is 3.49. The van der Waals surface area contributed by atoms with Gasteiger partial charge in [-0.15, -0.1) is 0 Å². The van der Waals surface area contributed by atoms with Gasteiger partial charge in [-0.3, -0.25) is 4.98 Å². The SMILES string of the molecule is Cc1nc(-c2ccncc2)nc(N2CC(C)(C)OC(C)(C)C2)c1C. The first kappa shape index (κ1) is 16.8. The number of rotatable bonds is 2. The molecule has 2 aromatic rings. The van der Waals surface area contributed by atoms with Gasteiger partial charge in [0.15, 0.2) is 5.82 Å². The first-order chi connectivity index (χ1) is 11.2. The van der Waals surface area contributed by atoms with Gasteiger partial charge in [-0.05, 0) is 53.7 Å². The van der Waals surface area contributed by atoms with Crippen LogP contribution in [0.2, 0.25) is 0 Å². The van der Waals surface area contributed by atoms with E-state index in [0.717, 1.165) is 41.6 Å². The molecule has 0 atom stereocenters. The molecule has 0 spiro atoms. The van der Waals surface area contributed by atoms with Crippen molar-refractivity contribution in [3.63, 3.8) is 0 Å². The van der Waals surface area contributed by atoms with Crippen LogP contribution in [-0.4, -0.2) is 39.2 Å². The molecule has 2 aromatic heterocycles. The van der Waals surface area contributed by atoms with Crippen molar-refractivity contribution in [1.82, 2.24) is 15.0 Å². The second-order valence-electron chi connectivity index (χ2n) is 7.79. The van der Waals surface area contributed by atoms with Gasteiger partial charge in [-0.1, -0.05) is 0 Å². The van der Waals surface area contributed by atoms with E-state index in [-0.39, 0.29) is 11.2 Å². The van der Waals surface area contributed by atoms with Gasteiger partial charge in [0.2, 0.25) is 0 Å². The molecule has 0 N–H and O–H groups in total. The van der Waals surface area contributed by atoms with Gasteiger partial charge in [0.05, 0.1) is 11.2 Å². The molecular formula is C19H26N4O. The highest BCUT2D eigenvalue weighted by atomic mass is 16.5. The number of hydrogen-bond donors (Lipinski definition) is 0. The average Bonchev–Trinajstić information content (AvgIpc) is 2.47. The zero-order valence-corrected chi connectivity index (χ0v) is 15.4. The molecule has 0 radical (unpaired) electrons. The van der Waals surface area contributed by atoms with Gasteiger partial charge in [0.1, 0.15) is 5.82 Å². The van der Waals surface area contributed by atoms with Gasteiger partial charge in [0, 0.05) is 42.3 Å². The molecule has 3 rings (SSSR count). The van der Waals surface area contributed by atoms with E-state index in [1.807, 2.05) is 19.1 Å². The number of nitrogens with zero attached hydrogens (tertiary/aromatic N) is 4. The summed E-state index contributed by atoms with van der Waals surface area (Å²) in [6, 6.07) is 3.89. The molecule has 0 unspecified atom stereocenters. The monoisotopic (exact) mass is 326 g/mol. The molecule has 0 aliphatic carbocycles. The zero-order chi connectivity index (χ0) is 17.5. The van der Waals surface area contributed by atoms with Crippen LogP contribution in [-0.2, 0) is 4.74 Å². The van der Waals surface area contributed by atoms with E-state index in [9.17, 15) is 0 Å². The van der Waals surface area contributed by atoms with E-state index >= 15 is 0 Å². The summed E-state index contributed by atoms with van der Waals surface area (Å²) >= 11 is 0. The van der Waals surface area contributed by atoms with Crippen LogP contribution in [0.4, 0.5) is 5.82 Å². The molecule has 0 aromatic carbocycles. The van der Waals surface area contributed by atoms with Crippen LogP contribution in [0.3, 0.4) is 0 Å². The van der Waals surface area contributed by atoms with Crippen LogP contribution in [0.1, 0.15) is 39.0 Å². The Kier molecular flexibility index (Phi) is 4.08. The van der Waals surface area contributed by atoms with Crippen molar-refractivity contribution in [3.8, 4) is 11.4 Å². The summed E-state index contributed by atoms with van der Waals surface area (Å²) in [5.74, 6) is 1.75. The lowest BCUT2D eigenvalue weighted by molar-refractivity contribution is -0.133. The summed E-state index contributed by atoms with van der Waals surface area (Å²) in [4.78, 5) is 16.0. The fraction of sp³-hybridized carbons (Fsp3) is 0.526. The number of aryl methyl sites for hydroxylation is 1. The van der Waals surface area contributed by atoms with Crippen molar-refractivity contribution in [3.05, 3.63) is 35.8 Å². The van der Waals surface area contributed by atoms with E-state index in [1.54, 1.807) is 12.4 Å². The Morgan fingerprint density at radius 3 is 2.12 bits per heavy atom. The predicted octanol–water partition coefficient (Wildman–Crippen LogP) is 3.55. The highest BCUT2D eigenvalue weighted by Crippen LogP contribution is 2.33. The van der Waals surface area contributed by atoms with E-state index in [0.29, 0.717) is 0 Å². The molecule has 0 amide bonds. The summed E-state index contributed by atoms with van der Waals surface area (Å²) in [5.41, 5.74) is 2.68. The molecule has 0 bridgehead atoms. The number of pyridine rings is 1. The average molecular weight is 326 g/mol. The lowest BCUT2D eigenvalue weighted by Crippen LogP contribution is -2.57. The van der Waals surface area contributed by atoms with E-state index in [1.165, 1.54) is 0 Å². The third-order valence-electron chi connectivity index (χ3n) is 4.30. The molecule has 128 valence electrons. The van der Waals surface area contributed by atoms with Crippen molar-refractivity contribution in [2.24, 2.45) is 0 Å². The molecule has 1 aliphatic heterocycles. The maximum atomic E-state index is 6.20. The molecule has 1 saturated heterocycles. The first-order valence-electron chi connectivity index (χ1n) is 8.38. The number of ether oxygens (including phenoxy) is 1. The Bertz CT molecular complexity index is 725. The second-order valence-corrected chi connectivity index (χ2v) is 7.79. The number of hydrogen-bond acceptors (Lipinski definition) is 5. The van der Waals surface area contributed by atoms with Crippen molar-refractivity contribution < 1.29 is 4.74 Å². The molecule has 1 fully saturated rings. The van der Waals surface area contributed by atoms with Crippen LogP contribution < -0.4 is 4.90 Å². The minimum Gasteiger partial charge on any atom is -0.366 e. The number of morpholine rings is 1. The van der Waals surface area contributed by atoms with Crippen molar-refractivity contribution in [1.29, 1.82) is 0 Å². The lowest BCUT2D eigenvalue weighted by atomic mass is 9.98. The maximum absolute atomic E-state index is 6.20. The number of anilines is 1. The Labute approximate surface area is 144 Å². The molecule has 24 heavy (non-hydrogen) atoms. The lowest BCUT2D eigenvalue weighted by Gasteiger charge is -2.48. The van der Waals surface area contributed by atoms with Gasteiger partial charge >= 0.3 is 0 Å². The molecule has 5 nitrogen and oxygen atoms in total. The Hall–Kier alpha value is -2.01. The summed E-state index contributed by atoms with van der Waals surface area (Å²) < 4.78 is 6.20. The Morgan fingerprint density at radius 1 is 0.958 bits per heavy atom. The molecule has 5 heteroatoms. The molecule has 1 aliphatic rings. The number of aromatic nitrogens is 3. The zero-order valence-electron chi connectivity index (χ0n) is 15.4. The van der Waals surface area contributed by atoms with Gasteiger partial charge < -0.3 is 9.64 Å². The normalized spacial score (nSPS) is 19.3. The third-order valence-corrected chi connectivity index (χ3v) is 4.30. The van der Waals surface area contributed by atoms with Crippen LogP contribution in [0, 0.1) is 13.8 Å². The maximum Gasteiger partial charge on any atom is 0.161 e. The van der Waals surface area contributed by atoms with Crippen molar-refractivity contribution >= 4 is 5.82 Å². The Morgan fingerprint density at radius 2 is 1.54 bits per heavy atom. The summed E-state index contributed by atoms with van der Waals surface area (Å²) in [6.07, 6.45) is 3.54. The molecule has 0 saturated carbocycles. The van der Waals surface area contributed by atoms with E-state index in [4.69, 9.17) is 9.72 Å². The minimum absolute atomic E-state index is 0.218. The van der Waals surface area contributed by atoms with Crippen molar-refractivity contribution in [2.75, 3.05) is 18.0 Å². The van der Waals surface area contributed by atoms with Gasteiger partial charge in [-0.25, -0.2) is 9.97 Å². The molecule has 3 heterocycles. The summed E-state index contributed by atoms with van der Waals surface area (Å²) in [7, 11) is 0. The standard InChI is InChI=1S/C19H26N4O/c1-13-14(2)21-16(15-7-9-20-10-8-15)22-17(13)23-11-18(3,4)24-19(5,6)12-23/h7-10H,11-12H2,1-6H3. The Balaban J connectivity index is 2.06. The minimum atomic E-state index is -0.218.